The van der Waals surface area contributed by atoms with Crippen LogP contribution in [0.15, 0.2) is 24.3 Å². The van der Waals surface area contributed by atoms with Crippen LogP contribution in [0.1, 0.15) is 57.9 Å². The van der Waals surface area contributed by atoms with Crippen LogP contribution in [0.25, 0.3) is 0 Å². The molecule has 0 aliphatic rings. The Hall–Kier alpha value is -0.780. The quantitative estimate of drug-likeness (QED) is 0.536. The number of hydrogen-bond donors (Lipinski definition) is 0. The second-order valence-corrected chi connectivity index (χ2v) is 4.76. The summed E-state index contributed by atoms with van der Waals surface area (Å²) in [6.07, 6.45) is 9.48. The van der Waals surface area contributed by atoms with Crippen LogP contribution in [0.2, 0.25) is 0 Å². The molecule has 0 amide bonds. The van der Waals surface area contributed by atoms with E-state index in [1.54, 1.807) is 0 Å². The van der Waals surface area contributed by atoms with Crippen molar-refractivity contribution >= 4 is 0 Å². The summed E-state index contributed by atoms with van der Waals surface area (Å²) in [7, 11) is 0. The van der Waals surface area contributed by atoms with Crippen molar-refractivity contribution in [2.75, 3.05) is 0 Å². The highest BCUT2D eigenvalue weighted by molar-refractivity contribution is 5.14. The molecule has 0 saturated heterocycles. The summed E-state index contributed by atoms with van der Waals surface area (Å²) in [5, 5.41) is 0. The van der Waals surface area contributed by atoms with Crippen LogP contribution in [0.4, 0.5) is 0 Å². The normalized spacial score (nSPS) is 12.6. The first-order chi connectivity index (χ1) is 7.86. The van der Waals surface area contributed by atoms with Gasteiger partial charge in [-0.15, -0.1) is 0 Å². The SMILES string of the molecule is CCCCCC(CCC)Cc1cc[c]cc1. The van der Waals surface area contributed by atoms with Crippen molar-refractivity contribution in [2.45, 2.75) is 58.8 Å². The maximum absolute atomic E-state index is 3.09. The summed E-state index contributed by atoms with van der Waals surface area (Å²) in [6.45, 7) is 4.58. The second-order valence-electron chi connectivity index (χ2n) is 4.76. The van der Waals surface area contributed by atoms with E-state index in [-0.39, 0.29) is 0 Å². The van der Waals surface area contributed by atoms with E-state index in [1.165, 1.54) is 50.5 Å². The summed E-state index contributed by atoms with van der Waals surface area (Å²) >= 11 is 0. The third-order valence-electron chi connectivity index (χ3n) is 3.22. The molecule has 1 radical (unpaired) electrons. The molecule has 0 heteroatoms. The van der Waals surface area contributed by atoms with Gasteiger partial charge in [-0.2, -0.15) is 0 Å². The standard InChI is InChI=1S/C16H25/c1-3-5-7-11-15(10-4-2)14-16-12-8-6-9-13-16/h8-9,12-13,15H,3-5,7,10-11,14H2,1-2H3. The van der Waals surface area contributed by atoms with Crippen LogP contribution in [-0.4, -0.2) is 0 Å². The molecule has 1 aromatic rings. The van der Waals surface area contributed by atoms with Crippen molar-refractivity contribution in [3.05, 3.63) is 35.9 Å². The van der Waals surface area contributed by atoms with E-state index in [0.717, 1.165) is 5.92 Å². The maximum Gasteiger partial charge on any atom is -0.0184 e. The van der Waals surface area contributed by atoms with E-state index < -0.39 is 0 Å². The Morgan fingerprint density at radius 3 is 2.38 bits per heavy atom. The average molecular weight is 217 g/mol. The largest absolute Gasteiger partial charge is 0.0654 e. The molecule has 0 spiro atoms. The Morgan fingerprint density at radius 2 is 1.75 bits per heavy atom. The second kappa shape index (κ2) is 8.38. The highest BCUT2D eigenvalue weighted by Crippen LogP contribution is 2.20. The number of benzene rings is 1. The zero-order valence-electron chi connectivity index (χ0n) is 10.8. The predicted molar refractivity (Wildman–Crippen MR) is 71.5 cm³/mol. The van der Waals surface area contributed by atoms with Crippen LogP contribution in [0.5, 0.6) is 0 Å². The van der Waals surface area contributed by atoms with Crippen molar-refractivity contribution < 1.29 is 0 Å². The lowest BCUT2D eigenvalue weighted by Crippen LogP contribution is -2.04. The van der Waals surface area contributed by atoms with Crippen LogP contribution in [0.3, 0.4) is 0 Å². The highest BCUT2D eigenvalue weighted by Gasteiger charge is 2.08. The molecule has 0 aliphatic carbocycles. The van der Waals surface area contributed by atoms with Gasteiger partial charge in [0.15, 0.2) is 0 Å². The first-order valence-corrected chi connectivity index (χ1v) is 6.81. The lowest BCUT2D eigenvalue weighted by atomic mass is 9.90. The summed E-state index contributed by atoms with van der Waals surface area (Å²) in [6, 6.07) is 11.6. The molecule has 1 aromatic carbocycles. The number of rotatable bonds is 8. The Labute approximate surface area is 101 Å². The van der Waals surface area contributed by atoms with E-state index in [4.69, 9.17) is 0 Å². The molecule has 0 N–H and O–H groups in total. The van der Waals surface area contributed by atoms with Crippen LogP contribution in [-0.2, 0) is 6.42 Å². The maximum atomic E-state index is 3.09. The molecule has 0 bridgehead atoms. The van der Waals surface area contributed by atoms with Gasteiger partial charge in [-0.1, -0.05) is 76.6 Å². The predicted octanol–water partition coefficient (Wildman–Crippen LogP) is 5.03. The van der Waals surface area contributed by atoms with E-state index in [2.05, 4.69) is 32.0 Å². The Bertz CT molecular complexity index is 250. The van der Waals surface area contributed by atoms with Crippen molar-refractivity contribution in [3.8, 4) is 0 Å². The fraction of sp³-hybridized carbons (Fsp3) is 0.625. The van der Waals surface area contributed by atoms with Crippen molar-refractivity contribution in [1.82, 2.24) is 0 Å². The third kappa shape index (κ3) is 5.34. The molecule has 1 atom stereocenters. The zero-order chi connectivity index (χ0) is 11.6. The number of unbranched alkanes of at least 4 members (excludes halogenated alkanes) is 2. The van der Waals surface area contributed by atoms with Crippen LogP contribution in [0, 0.1) is 12.0 Å². The van der Waals surface area contributed by atoms with Gasteiger partial charge in [0, 0.05) is 0 Å². The van der Waals surface area contributed by atoms with Gasteiger partial charge in [-0.25, -0.2) is 0 Å². The number of hydrogen-bond acceptors (Lipinski definition) is 0. The first-order valence-electron chi connectivity index (χ1n) is 6.81. The first kappa shape index (κ1) is 13.3. The zero-order valence-corrected chi connectivity index (χ0v) is 10.8. The van der Waals surface area contributed by atoms with Gasteiger partial charge in [0.05, 0.1) is 0 Å². The van der Waals surface area contributed by atoms with Gasteiger partial charge < -0.3 is 0 Å². The van der Waals surface area contributed by atoms with E-state index in [0.29, 0.717) is 0 Å². The molecule has 16 heavy (non-hydrogen) atoms. The molecular formula is C16H25. The van der Waals surface area contributed by atoms with Crippen LogP contribution < -0.4 is 0 Å². The Balaban J connectivity index is 2.38. The minimum atomic E-state index is 0.888. The summed E-state index contributed by atoms with van der Waals surface area (Å²) in [5.41, 5.74) is 1.48. The van der Waals surface area contributed by atoms with Gasteiger partial charge in [0.1, 0.15) is 0 Å². The molecule has 0 fully saturated rings. The molecule has 1 rings (SSSR count). The lowest BCUT2D eigenvalue weighted by molar-refractivity contribution is 0.422. The smallest absolute Gasteiger partial charge is 0.0184 e. The summed E-state index contributed by atoms with van der Waals surface area (Å²) in [4.78, 5) is 0. The van der Waals surface area contributed by atoms with Gasteiger partial charge in [0.25, 0.3) is 0 Å². The minimum absolute atomic E-state index is 0.888. The summed E-state index contributed by atoms with van der Waals surface area (Å²) in [5.74, 6) is 0.888. The third-order valence-corrected chi connectivity index (χ3v) is 3.22. The van der Waals surface area contributed by atoms with Crippen LogP contribution >= 0.6 is 0 Å². The van der Waals surface area contributed by atoms with Gasteiger partial charge >= 0.3 is 0 Å². The molecule has 1 unspecified atom stereocenters. The monoisotopic (exact) mass is 217 g/mol. The van der Waals surface area contributed by atoms with E-state index in [9.17, 15) is 0 Å². The molecule has 0 heterocycles. The molecule has 0 saturated carbocycles. The van der Waals surface area contributed by atoms with Gasteiger partial charge in [-0.05, 0) is 24.0 Å². The fourth-order valence-corrected chi connectivity index (χ4v) is 2.33. The topological polar surface area (TPSA) is 0 Å². The fourth-order valence-electron chi connectivity index (χ4n) is 2.33. The Kier molecular flexibility index (Phi) is 6.96. The van der Waals surface area contributed by atoms with E-state index in [1.807, 2.05) is 12.1 Å². The highest BCUT2D eigenvalue weighted by atomic mass is 14.1. The van der Waals surface area contributed by atoms with E-state index >= 15 is 0 Å². The lowest BCUT2D eigenvalue weighted by Gasteiger charge is -2.15. The molecule has 0 aliphatic heterocycles. The minimum Gasteiger partial charge on any atom is -0.0654 e. The molecule has 89 valence electrons. The molecule has 0 nitrogen and oxygen atoms in total. The van der Waals surface area contributed by atoms with Crippen molar-refractivity contribution in [1.29, 1.82) is 0 Å². The van der Waals surface area contributed by atoms with Crippen molar-refractivity contribution in [3.63, 3.8) is 0 Å². The molecule has 0 aromatic heterocycles. The average Bonchev–Trinajstić information content (AvgIpc) is 2.31. The molecular weight excluding hydrogens is 192 g/mol. The Morgan fingerprint density at radius 1 is 1.00 bits per heavy atom. The van der Waals surface area contributed by atoms with Gasteiger partial charge in [0.2, 0.25) is 0 Å². The van der Waals surface area contributed by atoms with Crippen molar-refractivity contribution in [2.24, 2.45) is 5.92 Å². The van der Waals surface area contributed by atoms with Gasteiger partial charge in [-0.3, -0.25) is 0 Å². The summed E-state index contributed by atoms with van der Waals surface area (Å²) < 4.78 is 0.